The van der Waals surface area contributed by atoms with Gasteiger partial charge in [0, 0.05) is 18.4 Å². The third kappa shape index (κ3) is 5.17. The molecule has 0 fully saturated rings. The number of hydrogen-bond donors (Lipinski definition) is 1. The van der Waals surface area contributed by atoms with Crippen LogP contribution in [-0.4, -0.2) is 16.8 Å². The van der Waals surface area contributed by atoms with Gasteiger partial charge in [0.15, 0.2) is 5.76 Å². The Labute approximate surface area is 160 Å². The Morgan fingerprint density at radius 1 is 1.36 bits per heavy atom. The van der Waals surface area contributed by atoms with E-state index in [2.05, 4.69) is 26.4 Å². The summed E-state index contributed by atoms with van der Waals surface area (Å²) in [7, 11) is 0. The first-order chi connectivity index (χ1) is 12.1. The second-order valence-electron chi connectivity index (χ2n) is 5.18. The Morgan fingerprint density at radius 3 is 3.00 bits per heavy atom. The highest BCUT2D eigenvalue weighted by Crippen LogP contribution is 2.26. The van der Waals surface area contributed by atoms with Crippen molar-refractivity contribution in [1.29, 1.82) is 0 Å². The van der Waals surface area contributed by atoms with Crippen LogP contribution in [0, 0.1) is 5.82 Å². The smallest absolute Gasteiger partial charge is 0.230 e. The van der Waals surface area contributed by atoms with E-state index >= 15 is 0 Å². The molecule has 0 unspecified atom stereocenters. The lowest BCUT2D eigenvalue weighted by atomic mass is 10.2. The third-order valence-corrected chi connectivity index (χ3v) is 5.77. The average Bonchev–Trinajstić information content (AvgIpc) is 3.27. The Balaban J connectivity index is 1.41. The first-order valence-corrected chi connectivity index (χ1v) is 10.2. The molecule has 0 spiro atoms. The highest BCUT2D eigenvalue weighted by Gasteiger charge is 2.09. The van der Waals surface area contributed by atoms with Crippen LogP contribution in [0.2, 0.25) is 0 Å². The van der Waals surface area contributed by atoms with E-state index in [1.54, 1.807) is 23.5 Å². The summed E-state index contributed by atoms with van der Waals surface area (Å²) in [4.78, 5) is 12.9. The van der Waals surface area contributed by atoms with Gasteiger partial charge in [-0.1, -0.05) is 17.3 Å². The van der Waals surface area contributed by atoms with E-state index in [0.29, 0.717) is 22.5 Å². The summed E-state index contributed by atoms with van der Waals surface area (Å²) in [6, 6.07) is 10.6. The Morgan fingerprint density at radius 2 is 2.24 bits per heavy atom. The van der Waals surface area contributed by atoms with Crippen molar-refractivity contribution in [2.24, 2.45) is 0 Å². The molecule has 3 rings (SSSR count). The van der Waals surface area contributed by atoms with Gasteiger partial charge in [-0.15, -0.1) is 23.1 Å². The maximum absolute atomic E-state index is 13.4. The van der Waals surface area contributed by atoms with Crippen LogP contribution >= 0.6 is 39.0 Å². The molecule has 3 aromatic rings. The number of halogens is 2. The topological polar surface area (TPSA) is 55.1 Å². The lowest BCUT2D eigenvalue weighted by Crippen LogP contribution is -2.24. The molecule has 1 N–H and O–H groups in total. The van der Waals surface area contributed by atoms with E-state index in [9.17, 15) is 9.18 Å². The molecule has 130 valence electrons. The highest BCUT2D eigenvalue weighted by atomic mass is 79.9. The number of nitrogens with one attached hydrogen (secondary N) is 1. The van der Waals surface area contributed by atoms with Gasteiger partial charge < -0.3 is 9.84 Å². The van der Waals surface area contributed by atoms with Crippen molar-refractivity contribution in [3.05, 3.63) is 63.3 Å². The number of hydrogen-bond acceptors (Lipinski definition) is 5. The average molecular weight is 441 g/mol. The summed E-state index contributed by atoms with van der Waals surface area (Å²) < 4.78 is 19.1. The van der Waals surface area contributed by atoms with Gasteiger partial charge in [-0.3, -0.25) is 4.79 Å². The number of thioether (sulfide) groups is 1. The van der Waals surface area contributed by atoms with Crippen molar-refractivity contribution in [2.45, 2.75) is 12.3 Å². The summed E-state index contributed by atoms with van der Waals surface area (Å²) in [6.07, 6.45) is 0. The molecule has 0 radical (unpaired) electrons. The number of rotatable bonds is 7. The molecule has 0 aliphatic rings. The molecule has 25 heavy (non-hydrogen) atoms. The summed E-state index contributed by atoms with van der Waals surface area (Å²) in [6.45, 7) is 0.302. The van der Waals surface area contributed by atoms with Crippen LogP contribution in [0.15, 0.2) is 50.8 Å². The van der Waals surface area contributed by atoms with Gasteiger partial charge in [-0.2, -0.15) is 0 Å². The summed E-state index contributed by atoms with van der Waals surface area (Å²) in [5.41, 5.74) is 1.52. The summed E-state index contributed by atoms with van der Waals surface area (Å²) in [5, 5.41) is 8.77. The molecule has 0 saturated heterocycles. The van der Waals surface area contributed by atoms with Gasteiger partial charge in [0.2, 0.25) is 5.91 Å². The zero-order chi connectivity index (χ0) is 17.6. The van der Waals surface area contributed by atoms with Gasteiger partial charge in [-0.25, -0.2) is 4.39 Å². The lowest BCUT2D eigenvalue weighted by molar-refractivity contribution is -0.118. The van der Waals surface area contributed by atoms with Crippen LogP contribution in [0.25, 0.3) is 10.6 Å². The van der Waals surface area contributed by atoms with Gasteiger partial charge in [0.1, 0.15) is 5.82 Å². The number of carbonyl (C=O) groups is 1. The quantitative estimate of drug-likeness (QED) is 0.570. The second-order valence-corrected chi connectivity index (χ2v) is 7.97. The number of amides is 1. The maximum Gasteiger partial charge on any atom is 0.230 e. The van der Waals surface area contributed by atoms with Crippen LogP contribution in [-0.2, 0) is 17.1 Å². The van der Waals surface area contributed by atoms with Crippen molar-refractivity contribution in [2.75, 3.05) is 5.75 Å². The number of nitrogens with zero attached hydrogens (tertiary/aromatic N) is 1. The molecule has 0 saturated carbocycles. The van der Waals surface area contributed by atoms with Crippen molar-refractivity contribution < 1.29 is 13.7 Å². The SMILES string of the molecule is O=C(CSCc1cc(-c2cccs2)on1)NCc1ccc(Br)c(F)c1. The summed E-state index contributed by atoms with van der Waals surface area (Å²) in [5.74, 6) is 1.20. The molecule has 8 heteroatoms. The molecular formula is C17H14BrFN2O2S2. The van der Waals surface area contributed by atoms with Crippen molar-refractivity contribution in [3.8, 4) is 10.6 Å². The Hall–Kier alpha value is -1.64. The molecule has 1 amide bonds. The van der Waals surface area contributed by atoms with E-state index in [4.69, 9.17) is 4.52 Å². The number of thiophene rings is 1. The van der Waals surface area contributed by atoms with Gasteiger partial charge in [-0.05, 0) is 45.1 Å². The van der Waals surface area contributed by atoms with Gasteiger partial charge in [0.25, 0.3) is 0 Å². The molecule has 0 aliphatic heterocycles. The minimum absolute atomic E-state index is 0.102. The standard InChI is InChI=1S/C17H14BrFN2O2S2/c18-13-4-3-11(6-14(13)19)8-20-17(22)10-24-9-12-7-15(23-21-12)16-2-1-5-25-16/h1-7H,8-10H2,(H,20,22). The van der Waals surface area contributed by atoms with Crippen LogP contribution in [0.3, 0.4) is 0 Å². The molecule has 0 aliphatic carbocycles. The van der Waals surface area contributed by atoms with E-state index in [1.165, 1.54) is 17.8 Å². The fourth-order valence-electron chi connectivity index (χ4n) is 2.06. The summed E-state index contributed by atoms with van der Waals surface area (Å²) >= 11 is 6.14. The first-order valence-electron chi connectivity index (χ1n) is 7.39. The number of benzene rings is 1. The fraction of sp³-hybridized carbons (Fsp3) is 0.176. The molecule has 0 atom stereocenters. The second kappa shape index (κ2) is 8.64. The maximum atomic E-state index is 13.4. The molecule has 1 aromatic carbocycles. The Bertz CT molecular complexity index is 852. The Kier molecular flexibility index (Phi) is 6.28. The van der Waals surface area contributed by atoms with Crippen LogP contribution in [0.1, 0.15) is 11.3 Å². The van der Waals surface area contributed by atoms with Crippen LogP contribution in [0.5, 0.6) is 0 Å². The largest absolute Gasteiger partial charge is 0.355 e. The fourth-order valence-corrected chi connectivity index (χ4v) is 3.72. The van der Waals surface area contributed by atoms with E-state index in [1.807, 2.05) is 23.6 Å². The zero-order valence-corrected chi connectivity index (χ0v) is 16.2. The van der Waals surface area contributed by atoms with Gasteiger partial charge in [0.05, 0.1) is 20.8 Å². The van der Waals surface area contributed by atoms with E-state index in [0.717, 1.165) is 21.9 Å². The molecule has 2 heterocycles. The highest BCUT2D eigenvalue weighted by molar-refractivity contribution is 9.10. The normalized spacial score (nSPS) is 10.8. The van der Waals surface area contributed by atoms with Gasteiger partial charge >= 0.3 is 0 Å². The van der Waals surface area contributed by atoms with Crippen molar-refractivity contribution in [1.82, 2.24) is 10.5 Å². The molecule has 0 bridgehead atoms. The van der Waals surface area contributed by atoms with Crippen molar-refractivity contribution in [3.63, 3.8) is 0 Å². The van der Waals surface area contributed by atoms with Crippen molar-refractivity contribution >= 4 is 44.9 Å². The predicted octanol–water partition coefficient (Wildman–Crippen LogP) is 4.85. The van der Waals surface area contributed by atoms with E-state index in [-0.39, 0.29) is 11.7 Å². The number of carbonyl (C=O) groups excluding carboxylic acids is 1. The monoisotopic (exact) mass is 440 g/mol. The minimum atomic E-state index is -0.339. The molecule has 2 aromatic heterocycles. The molecular weight excluding hydrogens is 427 g/mol. The van der Waals surface area contributed by atoms with E-state index < -0.39 is 0 Å². The lowest BCUT2D eigenvalue weighted by Gasteiger charge is -2.05. The van der Waals surface area contributed by atoms with Crippen LogP contribution in [0.4, 0.5) is 4.39 Å². The first kappa shape index (κ1) is 18.2. The third-order valence-electron chi connectivity index (χ3n) is 3.28. The zero-order valence-electron chi connectivity index (χ0n) is 13.0. The van der Waals surface area contributed by atoms with Crippen LogP contribution < -0.4 is 5.32 Å². The minimum Gasteiger partial charge on any atom is -0.355 e. The number of aromatic nitrogens is 1. The molecule has 4 nitrogen and oxygen atoms in total. The predicted molar refractivity (Wildman–Crippen MR) is 102 cm³/mol.